The Labute approximate surface area is 74.7 Å². The van der Waals surface area contributed by atoms with Crippen LogP contribution < -0.4 is 5.32 Å². The lowest BCUT2D eigenvalue weighted by Gasteiger charge is -2.24. The average molecular weight is 169 g/mol. The quantitative estimate of drug-likeness (QED) is 0.613. The van der Waals surface area contributed by atoms with Crippen LogP contribution in [0.15, 0.2) is 12.2 Å². The molecule has 70 valence electrons. The van der Waals surface area contributed by atoms with Crippen molar-refractivity contribution >= 4 is 0 Å². The molecule has 12 heavy (non-hydrogen) atoms. The first kappa shape index (κ1) is 9.75. The molecule has 1 aliphatic carbocycles. The summed E-state index contributed by atoms with van der Waals surface area (Å²) in [4.78, 5) is 0. The highest BCUT2D eigenvalue weighted by Crippen LogP contribution is 2.12. The standard InChI is InChI=1S/C10H19NO/c1-2-11-9-7-5-3-4-6-8-10(9)12/h3-4,9-12H,2,5-8H2,1H3/t9-,10+/m0/s1. The molecular formula is C10H19NO. The molecule has 0 amide bonds. The molecule has 2 nitrogen and oxygen atoms in total. The van der Waals surface area contributed by atoms with E-state index in [4.69, 9.17) is 0 Å². The van der Waals surface area contributed by atoms with E-state index < -0.39 is 0 Å². The van der Waals surface area contributed by atoms with Crippen LogP contribution in [0, 0.1) is 0 Å². The summed E-state index contributed by atoms with van der Waals surface area (Å²) in [5.41, 5.74) is 0. The molecule has 2 heteroatoms. The number of nitrogens with one attached hydrogen (secondary N) is 1. The van der Waals surface area contributed by atoms with Gasteiger partial charge in [0.25, 0.3) is 0 Å². The van der Waals surface area contributed by atoms with Crippen LogP contribution in [0.3, 0.4) is 0 Å². The van der Waals surface area contributed by atoms with Gasteiger partial charge in [0.05, 0.1) is 6.10 Å². The van der Waals surface area contributed by atoms with Gasteiger partial charge >= 0.3 is 0 Å². The molecule has 0 spiro atoms. The normalized spacial score (nSPS) is 31.2. The Morgan fingerprint density at radius 2 is 2.00 bits per heavy atom. The van der Waals surface area contributed by atoms with E-state index >= 15 is 0 Å². The van der Waals surface area contributed by atoms with E-state index in [9.17, 15) is 5.11 Å². The smallest absolute Gasteiger partial charge is 0.0696 e. The van der Waals surface area contributed by atoms with Crippen molar-refractivity contribution in [3.8, 4) is 0 Å². The average Bonchev–Trinajstić information content (AvgIpc) is 2.05. The number of hydrogen-bond donors (Lipinski definition) is 2. The lowest BCUT2D eigenvalue weighted by molar-refractivity contribution is 0.115. The minimum absolute atomic E-state index is 0.158. The first-order chi connectivity index (χ1) is 5.84. The molecule has 0 fully saturated rings. The Bertz CT molecular complexity index is 145. The molecule has 0 radical (unpaired) electrons. The van der Waals surface area contributed by atoms with Gasteiger partial charge in [-0.15, -0.1) is 0 Å². The van der Waals surface area contributed by atoms with Crippen LogP contribution in [0.25, 0.3) is 0 Å². The third-order valence-corrected chi connectivity index (χ3v) is 2.37. The maximum Gasteiger partial charge on any atom is 0.0696 e. The first-order valence-corrected chi connectivity index (χ1v) is 4.91. The zero-order valence-corrected chi connectivity index (χ0v) is 7.79. The highest BCUT2D eigenvalue weighted by atomic mass is 16.3. The lowest BCUT2D eigenvalue weighted by atomic mass is 9.98. The van der Waals surface area contributed by atoms with Crippen LogP contribution >= 0.6 is 0 Å². The maximum atomic E-state index is 9.71. The Hall–Kier alpha value is -0.340. The van der Waals surface area contributed by atoms with Gasteiger partial charge in [0.2, 0.25) is 0 Å². The third-order valence-electron chi connectivity index (χ3n) is 2.37. The van der Waals surface area contributed by atoms with Crippen molar-refractivity contribution < 1.29 is 5.11 Å². The second-order valence-corrected chi connectivity index (χ2v) is 3.36. The van der Waals surface area contributed by atoms with Gasteiger partial charge in [-0.3, -0.25) is 0 Å². The van der Waals surface area contributed by atoms with Crippen LogP contribution in [0.2, 0.25) is 0 Å². The minimum atomic E-state index is -0.158. The SMILES string of the molecule is CCN[C@H]1CCC=CCC[C@H]1O. The highest BCUT2D eigenvalue weighted by molar-refractivity contribution is 4.89. The van der Waals surface area contributed by atoms with Crippen LogP contribution in [-0.2, 0) is 0 Å². The van der Waals surface area contributed by atoms with Crippen LogP contribution in [0.5, 0.6) is 0 Å². The number of allylic oxidation sites excluding steroid dienone is 2. The first-order valence-electron chi connectivity index (χ1n) is 4.91. The van der Waals surface area contributed by atoms with Gasteiger partial charge in [-0.25, -0.2) is 0 Å². The fraction of sp³-hybridized carbons (Fsp3) is 0.800. The Morgan fingerprint density at radius 3 is 2.67 bits per heavy atom. The minimum Gasteiger partial charge on any atom is -0.391 e. The van der Waals surface area contributed by atoms with Gasteiger partial charge in [-0.1, -0.05) is 19.1 Å². The van der Waals surface area contributed by atoms with E-state index in [0.717, 1.165) is 32.2 Å². The fourth-order valence-corrected chi connectivity index (χ4v) is 1.67. The van der Waals surface area contributed by atoms with Crippen LogP contribution in [0.1, 0.15) is 32.6 Å². The summed E-state index contributed by atoms with van der Waals surface area (Å²) in [6.07, 6.45) is 8.30. The van der Waals surface area contributed by atoms with Crippen LogP contribution in [-0.4, -0.2) is 23.8 Å². The van der Waals surface area contributed by atoms with Crippen molar-refractivity contribution in [3.63, 3.8) is 0 Å². The van der Waals surface area contributed by atoms with Gasteiger partial charge in [0.1, 0.15) is 0 Å². The molecule has 2 atom stereocenters. The van der Waals surface area contributed by atoms with Crippen molar-refractivity contribution in [2.24, 2.45) is 0 Å². The van der Waals surface area contributed by atoms with E-state index in [1.165, 1.54) is 0 Å². The number of aliphatic hydroxyl groups excluding tert-OH is 1. The summed E-state index contributed by atoms with van der Waals surface area (Å²) in [6.45, 7) is 3.03. The lowest BCUT2D eigenvalue weighted by Crippen LogP contribution is -2.39. The summed E-state index contributed by atoms with van der Waals surface area (Å²) in [7, 11) is 0. The predicted octanol–water partition coefficient (Wildman–Crippen LogP) is 1.46. The zero-order chi connectivity index (χ0) is 8.81. The largest absolute Gasteiger partial charge is 0.391 e. The summed E-state index contributed by atoms with van der Waals surface area (Å²) >= 11 is 0. The van der Waals surface area contributed by atoms with E-state index in [1.54, 1.807) is 0 Å². The van der Waals surface area contributed by atoms with Crippen molar-refractivity contribution in [3.05, 3.63) is 12.2 Å². The number of likely N-dealkylation sites (N-methyl/N-ethyl adjacent to an activating group) is 1. The molecule has 0 aromatic rings. The zero-order valence-electron chi connectivity index (χ0n) is 7.79. The molecule has 0 aromatic carbocycles. The van der Waals surface area contributed by atoms with Gasteiger partial charge in [0.15, 0.2) is 0 Å². The Morgan fingerprint density at radius 1 is 1.33 bits per heavy atom. The number of aliphatic hydroxyl groups is 1. The van der Waals surface area contributed by atoms with Gasteiger partial charge in [-0.05, 0) is 32.2 Å². The molecule has 2 N–H and O–H groups in total. The monoisotopic (exact) mass is 169 g/mol. The molecule has 0 saturated heterocycles. The fourth-order valence-electron chi connectivity index (χ4n) is 1.67. The van der Waals surface area contributed by atoms with Crippen LogP contribution in [0.4, 0.5) is 0 Å². The molecule has 0 saturated carbocycles. The third kappa shape index (κ3) is 2.95. The summed E-state index contributed by atoms with van der Waals surface area (Å²) in [5, 5.41) is 13.0. The predicted molar refractivity (Wildman–Crippen MR) is 51.1 cm³/mol. The maximum absolute atomic E-state index is 9.71. The van der Waals surface area contributed by atoms with E-state index in [2.05, 4.69) is 24.4 Å². The van der Waals surface area contributed by atoms with Crippen molar-refractivity contribution in [1.82, 2.24) is 5.32 Å². The molecule has 0 unspecified atom stereocenters. The van der Waals surface area contributed by atoms with E-state index in [-0.39, 0.29) is 6.10 Å². The van der Waals surface area contributed by atoms with Crippen molar-refractivity contribution in [2.45, 2.75) is 44.8 Å². The Balaban J connectivity index is 2.40. The Kier molecular flexibility index (Phi) is 4.33. The van der Waals surface area contributed by atoms with E-state index in [1.807, 2.05) is 0 Å². The van der Waals surface area contributed by atoms with Gasteiger partial charge in [0, 0.05) is 6.04 Å². The molecule has 1 rings (SSSR count). The van der Waals surface area contributed by atoms with Crippen molar-refractivity contribution in [2.75, 3.05) is 6.54 Å². The number of rotatable bonds is 2. The highest BCUT2D eigenvalue weighted by Gasteiger charge is 2.17. The molecule has 1 aliphatic rings. The molecule has 0 aromatic heterocycles. The number of hydrogen-bond acceptors (Lipinski definition) is 2. The van der Waals surface area contributed by atoms with Crippen molar-refractivity contribution in [1.29, 1.82) is 0 Å². The van der Waals surface area contributed by atoms with Gasteiger partial charge in [-0.2, -0.15) is 0 Å². The van der Waals surface area contributed by atoms with E-state index in [0.29, 0.717) is 6.04 Å². The molecule has 0 bridgehead atoms. The molecule has 0 heterocycles. The molecule has 0 aliphatic heterocycles. The summed E-state index contributed by atoms with van der Waals surface area (Å²) in [5.74, 6) is 0. The second-order valence-electron chi connectivity index (χ2n) is 3.36. The second kappa shape index (κ2) is 5.33. The summed E-state index contributed by atoms with van der Waals surface area (Å²) in [6, 6.07) is 0.306. The summed E-state index contributed by atoms with van der Waals surface area (Å²) < 4.78 is 0. The van der Waals surface area contributed by atoms with Gasteiger partial charge < -0.3 is 10.4 Å². The molecular weight excluding hydrogens is 150 g/mol. The topological polar surface area (TPSA) is 32.3 Å².